The molecule has 0 aliphatic heterocycles. The van der Waals surface area contributed by atoms with Crippen molar-refractivity contribution in [3.63, 3.8) is 0 Å². The highest BCUT2D eigenvalue weighted by atomic mass is 32.1. The summed E-state index contributed by atoms with van der Waals surface area (Å²) in [6.45, 7) is 6.54. The number of fused-ring (bicyclic) bond motifs is 1. The van der Waals surface area contributed by atoms with E-state index in [0.717, 1.165) is 29.6 Å². The van der Waals surface area contributed by atoms with Gasteiger partial charge in [-0.2, -0.15) is 10.1 Å². The third-order valence-corrected chi connectivity index (χ3v) is 7.10. The van der Waals surface area contributed by atoms with Gasteiger partial charge >= 0.3 is 0 Å². The van der Waals surface area contributed by atoms with E-state index in [0.29, 0.717) is 22.0 Å². The summed E-state index contributed by atoms with van der Waals surface area (Å²) in [5, 5.41) is 35.9. The Morgan fingerprint density at radius 1 is 1.36 bits per heavy atom. The van der Waals surface area contributed by atoms with Crippen LogP contribution in [0, 0.1) is 32.8 Å². The van der Waals surface area contributed by atoms with Gasteiger partial charge in [0.05, 0.1) is 10.5 Å². The topological polar surface area (TPSA) is 140 Å². The number of carbonyl (C=O) groups is 1. The number of nitrogens with zero attached hydrogens (tertiary/aromatic N) is 6. The van der Waals surface area contributed by atoms with Crippen LogP contribution in [0.2, 0.25) is 0 Å². The van der Waals surface area contributed by atoms with Crippen LogP contribution in [0.25, 0.3) is 11.4 Å². The van der Waals surface area contributed by atoms with Crippen LogP contribution in [0.4, 0.5) is 10.7 Å². The Kier molecular flexibility index (Phi) is 5.95. The van der Waals surface area contributed by atoms with E-state index in [1.54, 1.807) is 0 Å². The predicted octanol–water partition coefficient (Wildman–Crippen LogP) is 3.97. The maximum Gasteiger partial charge on any atom is 0.269 e. The lowest BCUT2D eigenvalue weighted by molar-refractivity contribution is -0.384. The second-order valence-electron chi connectivity index (χ2n) is 9.12. The van der Waals surface area contributed by atoms with Gasteiger partial charge in [-0.1, -0.05) is 20.8 Å². The minimum absolute atomic E-state index is 0.0358. The van der Waals surface area contributed by atoms with Gasteiger partial charge in [0.2, 0.25) is 11.7 Å². The van der Waals surface area contributed by atoms with E-state index < -0.39 is 4.92 Å². The molecule has 10 nitrogen and oxygen atoms in total. The lowest BCUT2D eigenvalue weighted by Gasteiger charge is -2.33. The van der Waals surface area contributed by atoms with Crippen molar-refractivity contribution in [3.8, 4) is 17.5 Å². The molecule has 2 aromatic heterocycles. The first-order valence-electron chi connectivity index (χ1n) is 10.5. The van der Waals surface area contributed by atoms with Crippen LogP contribution in [0.1, 0.15) is 43.2 Å². The van der Waals surface area contributed by atoms with E-state index in [1.807, 2.05) is 0 Å². The van der Waals surface area contributed by atoms with Crippen LogP contribution in [-0.2, 0) is 24.2 Å². The first kappa shape index (κ1) is 22.5. The van der Waals surface area contributed by atoms with Crippen LogP contribution < -0.4 is 5.32 Å². The molecule has 1 atom stereocenters. The van der Waals surface area contributed by atoms with E-state index in [1.165, 1.54) is 40.5 Å². The van der Waals surface area contributed by atoms with Crippen LogP contribution in [0.15, 0.2) is 24.3 Å². The summed E-state index contributed by atoms with van der Waals surface area (Å²) >= 11 is 1.48. The zero-order valence-electron chi connectivity index (χ0n) is 18.5. The standard InChI is InChI=1S/C22H23N7O3S/c1-22(2,3)14-6-9-16-17(11-23)21(33-18(16)10-14)24-19(30)12-28-26-20(25-27-28)13-4-7-15(8-5-13)29(31)32/h4-5,7-8,14H,6,9-10,12H2,1-3H3,(H,24,30)/t14-/m0/s1. The van der Waals surface area contributed by atoms with Gasteiger partial charge in [-0.3, -0.25) is 14.9 Å². The quantitative estimate of drug-likeness (QED) is 0.444. The van der Waals surface area contributed by atoms with Crippen molar-refractivity contribution in [1.82, 2.24) is 20.2 Å². The third-order valence-electron chi connectivity index (χ3n) is 5.93. The summed E-state index contributed by atoms with van der Waals surface area (Å²) < 4.78 is 0. The first-order valence-corrected chi connectivity index (χ1v) is 11.3. The summed E-state index contributed by atoms with van der Waals surface area (Å²) in [6.07, 6.45) is 2.79. The monoisotopic (exact) mass is 465 g/mol. The zero-order valence-corrected chi connectivity index (χ0v) is 19.3. The molecular weight excluding hydrogens is 442 g/mol. The molecule has 4 rings (SSSR count). The van der Waals surface area contributed by atoms with Crippen molar-refractivity contribution in [2.24, 2.45) is 11.3 Å². The maximum atomic E-state index is 12.6. The van der Waals surface area contributed by atoms with Gasteiger partial charge < -0.3 is 5.32 Å². The van der Waals surface area contributed by atoms with E-state index in [2.05, 4.69) is 47.6 Å². The third kappa shape index (κ3) is 4.75. The highest BCUT2D eigenvalue weighted by Crippen LogP contribution is 2.44. The SMILES string of the molecule is CC(C)(C)[C@H]1CCc2c(sc(NC(=O)Cn3nnc(-c4ccc([N+](=O)[O-])cc4)n3)c2C#N)C1. The molecule has 2 heterocycles. The summed E-state index contributed by atoms with van der Waals surface area (Å²) in [4.78, 5) is 25.3. The average molecular weight is 466 g/mol. The lowest BCUT2D eigenvalue weighted by Crippen LogP contribution is -2.26. The molecule has 1 aromatic carbocycles. The molecule has 0 bridgehead atoms. The molecule has 3 aromatic rings. The fourth-order valence-corrected chi connectivity index (χ4v) is 5.28. The molecule has 33 heavy (non-hydrogen) atoms. The Balaban J connectivity index is 1.45. The molecule has 1 aliphatic carbocycles. The van der Waals surface area contributed by atoms with Crippen molar-refractivity contribution >= 4 is 27.9 Å². The highest BCUT2D eigenvalue weighted by molar-refractivity contribution is 7.16. The van der Waals surface area contributed by atoms with Gasteiger partial charge in [-0.05, 0) is 53.5 Å². The normalized spacial score (nSPS) is 15.5. The number of tetrazole rings is 1. The van der Waals surface area contributed by atoms with E-state index in [9.17, 15) is 20.2 Å². The molecule has 1 amide bonds. The minimum Gasteiger partial charge on any atom is -0.315 e. The number of non-ortho nitro benzene ring substituents is 1. The van der Waals surface area contributed by atoms with Gasteiger partial charge in [0, 0.05) is 22.6 Å². The number of carbonyl (C=O) groups excluding carboxylic acids is 1. The van der Waals surface area contributed by atoms with Crippen molar-refractivity contribution in [2.75, 3.05) is 5.32 Å². The molecule has 1 aliphatic rings. The fourth-order valence-electron chi connectivity index (χ4n) is 3.98. The number of aromatic nitrogens is 4. The summed E-state index contributed by atoms with van der Waals surface area (Å²) in [6, 6.07) is 8.03. The van der Waals surface area contributed by atoms with Crippen LogP contribution >= 0.6 is 11.3 Å². The number of hydrogen-bond donors (Lipinski definition) is 1. The minimum atomic E-state index is -0.487. The van der Waals surface area contributed by atoms with Gasteiger partial charge in [0.25, 0.3) is 5.69 Å². The smallest absolute Gasteiger partial charge is 0.269 e. The number of nitrogens with one attached hydrogen (secondary N) is 1. The number of anilines is 1. The van der Waals surface area contributed by atoms with Crippen LogP contribution in [0.5, 0.6) is 0 Å². The molecule has 0 spiro atoms. The lowest BCUT2D eigenvalue weighted by atomic mass is 9.72. The number of rotatable bonds is 5. The Morgan fingerprint density at radius 3 is 2.73 bits per heavy atom. The molecule has 0 radical (unpaired) electrons. The van der Waals surface area contributed by atoms with Crippen LogP contribution in [-0.4, -0.2) is 31.0 Å². The van der Waals surface area contributed by atoms with Crippen molar-refractivity contribution in [3.05, 3.63) is 50.4 Å². The maximum absolute atomic E-state index is 12.6. The molecule has 0 unspecified atom stereocenters. The predicted molar refractivity (Wildman–Crippen MR) is 123 cm³/mol. The van der Waals surface area contributed by atoms with E-state index >= 15 is 0 Å². The van der Waals surface area contributed by atoms with Gasteiger partial charge in [-0.15, -0.1) is 21.5 Å². The Hall–Kier alpha value is -3.65. The van der Waals surface area contributed by atoms with Crippen LogP contribution in [0.3, 0.4) is 0 Å². The van der Waals surface area contributed by atoms with Crippen molar-refractivity contribution < 1.29 is 9.72 Å². The fraction of sp³-hybridized carbons (Fsp3) is 0.409. The number of nitriles is 1. The van der Waals surface area contributed by atoms with Crippen molar-refractivity contribution in [2.45, 2.75) is 46.6 Å². The zero-order chi connectivity index (χ0) is 23.8. The number of thiophene rings is 1. The first-order chi connectivity index (χ1) is 15.7. The number of nitro groups is 1. The molecule has 0 saturated heterocycles. The largest absolute Gasteiger partial charge is 0.315 e. The average Bonchev–Trinajstić information content (AvgIpc) is 3.36. The molecule has 170 valence electrons. The molecule has 0 fully saturated rings. The molecular formula is C22H23N7O3S. The second-order valence-corrected chi connectivity index (χ2v) is 10.2. The van der Waals surface area contributed by atoms with Gasteiger partial charge in [-0.25, -0.2) is 0 Å². The summed E-state index contributed by atoms with van der Waals surface area (Å²) in [5.74, 6) is 0.441. The molecule has 0 saturated carbocycles. The summed E-state index contributed by atoms with van der Waals surface area (Å²) in [5.41, 5.74) is 2.31. The van der Waals surface area contributed by atoms with Gasteiger partial charge in [0.15, 0.2) is 0 Å². The number of amides is 1. The van der Waals surface area contributed by atoms with E-state index in [4.69, 9.17) is 0 Å². The molecule has 11 heteroatoms. The van der Waals surface area contributed by atoms with Crippen molar-refractivity contribution in [1.29, 1.82) is 5.26 Å². The highest BCUT2D eigenvalue weighted by Gasteiger charge is 2.32. The number of hydrogen-bond acceptors (Lipinski definition) is 8. The Bertz CT molecular complexity index is 1250. The van der Waals surface area contributed by atoms with E-state index in [-0.39, 0.29) is 29.4 Å². The molecule has 1 N–H and O–H groups in total. The second kappa shape index (κ2) is 8.71. The number of benzene rings is 1. The number of nitro benzene ring substituents is 1. The Labute approximate surface area is 194 Å². The Morgan fingerprint density at radius 2 is 2.09 bits per heavy atom. The van der Waals surface area contributed by atoms with Gasteiger partial charge in [0.1, 0.15) is 17.6 Å². The summed E-state index contributed by atoms with van der Waals surface area (Å²) in [7, 11) is 0.